The van der Waals surface area contributed by atoms with Gasteiger partial charge in [-0.3, -0.25) is 0 Å². The van der Waals surface area contributed by atoms with Crippen molar-refractivity contribution in [2.45, 2.75) is 25.9 Å². The van der Waals surface area contributed by atoms with Crippen LogP contribution >= 0.6 is 11.6 Å². The van der Waals surface area contributed by atoms with Crippen molar-refractivity contribution < 1.29 is 4.52 Å². The number of rotatable bonds is 6. The number of nitrogens with zero attached hydrogens (tertiary/aromatic N) is 2. The molecule has 1 N–H and O–H groups in total. The van der Waals surface area contributed by atoms with Crippen molar-refractivity contribution in [3.8, 4) is 0 Å². The van der Waals surface area contributed by atoms with Gasteiger partial charge in [-0.1, -0.05) is 59.2 Å². The van der Waals surface area contributed by atoms with E-state index in [1.165, 1.54) is 11.1 Å². The Balaban J connectivity index is 1.55. The Hall–Kier alpha value is -2.17. The van der Waals surface area contributed by atoms with E-state index in [9.17, 15) is 0 Å². The molecule has 0 radical (unpaired) electrons. The van der Waals surface area contributed by atoms with Crippen LogP contribution in [-0.2, 0) is 13.0 Å². The number of aromatic nitrogens is 2. The molecule has 1 aromatic heterocycles. The average Bonchev–Trinajstić information content (AvgIpc) is 3.02. The van der Waals surface area contributed by atoms with Crippen LogP contribution < -0.4 is 5.32 Å². The van der Waals surface area contributed by atoms with Crippen LogP contribution in [0.25, 0.3) is 0 Å². The molecule has 0 saturated heterocycles. The summed E-state index contributed by atoms with van der Waals surface area (Å²) in [5, 5.41) is 8.14. The summed E-state index contributed by atoms with van der Waals surface area (Å²) in [6, 6.07) is 18.1. The molecule has 1 heterocycles. The van der Waals surface area contributed by atoms with E-state index >= 15 is 0 Å². The minimum Gasteiger partial charge on any atom is -0.338 e. The Morgan fingerprint density at radius 1 is 1.09 bits per heavy atom. The summed E-state index contributed by atoms with van der Waals surface area (Å²) in [6.45, 7) is 2.62. The van der Waals surface area contributed by atoms with Gasteiger partial charge in [0.1, 0.15) is 0 Å². The highest BCUT2D eigenvalue weighted by Gasteiger charge is 2.10. The number of benzene rings is 2. The van der Waals surface area contributed by atoms with Gasteiger partial charge in [0.2, 0.25) is 5.89 Å². The highest BCUT2D eigenvalue weighted by Crippen LogP contribution is 2.16. The highest BCUT2D eigenvalue weighted by molar-refractivity contribution is 6.30. The molecule has 5 heteroatoms. The Morgan fingerprint density at radius 3 is 2.57 bits per heavy atom. The van der Waals surface area contributed by atoms with E-state index in [-0.39, 0.29) is 6.04 Å². The lowest BCUT2D eigenvalue weighted by Crippen LogP contribution is -2.18. The Labute approximate surface area is 140 Å². The molecule has 3 aromatic rings. The van der Waals surface area contributed by atoms with Crippen molar-refractivity contribution >= 4 is 11.6 Å². The third-order valence-electron chi connectivity index (χ3n) is 3.64. The van der Waals surface area contributed by atoms with E-state index in [1.54, 1.807) is 0 Å². The fourth-order valence-corrected chi connectivity index (χ4v) is 2.45. The molecule has 2 aromatic carbocycles. The molecule has 23 heavy (non-hydrogen) atoms. The fraction of sp³-hybridized carbons (Fsp3) is 0.222. The molecule has 0 spiro atoms. The second-order valence-corrected chi connectivity index (χ2v) is 5.86. The molecule has 1 unspecified atom stereocenters. The van der Waals surface area contributed by atoms with Gasteiger partial charge in [0.25, 0.3) is 0 Å². The van der Waals surface area contributed by atoms with Crippen LogP contribution in [0.15, 0.2) is 59.1 Å². The summed E-state index contributed by atoms with van der Waals surface area (Å²) in [5.41, 5.74) is 2.33. The maximum atomic E-state index is 5.90. The van der Waals surface area contributed by atoms with Crippen molar-refractivity contribution in [2.24, 2.45) is 0 Å². The van der Waals surface area contributed by atoms with E-state index < -0.39 is 0 Å². The molecular weight excluding hydrogens is 310 g/mol. The quantitative estimate of drug-likeness (QED) is 0.738. The highest BCUT2D eigenvalue weighted by atomic mass is 35.5. The van der Waals surface area contributed by atoms with Gasteiger partial charge >= 0.3 is 0 Å². The Kier molecular flexibility index (Phi) is 5.05. The standard InChI is InChI=1S/C18H18ClN3O/c1-13(15-7-9-16(19)10-8-15)20-12-18-21-17(22-23-18)11-14-5-3-2-4-6-14/h2-10,13,20H,11-12H2,1H3. The topological polar surface area (TPSA) is 51.0 Å². The first-order chi connectivity index (χ1) is 11.2. The van der Waals surface area contributed by atoms with Gasteiger partial charge in [-0.05, 0) is 30.2 Å². The Morgan fingerprint density at radius 2 is 1.83 bits per heavy atom. The van der Waals surface area contributed by atoms with E-state index in [1.807, 2.05) is 42.5 Å². The molecule has 118 valence electrons. The zero-order valence-electron chi connectivity index (χ0n) is 12.9. The van der Waals surface area contributed by atoms with Gasteiger partial charge in [-0.25, -0.2) is 0 Å². The van der Waals surface area contributed by atoms with Crippen molar-refractivity contribution in [3.05, 3.63) is 82.5 Å². The smallest absolute Gasteiger partial charge is 0.240 e. The van der Waals surface area contributed by atoms with E-state index in [4.69, 9.17) is 16.1 Å². The zero-order chi connectivity index (χ0) is 16.1. The van der Waals surface area contributed by atoms with Crippen LogP contribution in [0.4, 0.5) is 0 Å². The summed E-state index contributed by atoms with van der Waals surface area (Å²) in [6.07, 6.45) is 0.678. The van der Waals surface area contributed by atoms with Gasteiger partial charge in [0.05, 0.1) is 6.54 Å². The SMILES string of the molecule is CC(NCc1nc(Cc2ccccc2)no1)c1ccc(Cl)cc1. The molecule has 1 atom stereocenters. The summed E-state index contributed by atoms with van der Waals surface area (Å²) in [4.78, 5) is 4.42. The lowest BCUT2D eigenvalue weighted by Gasteiger charge is -2.12. The molecule has 0 saturated carbocycles. The van der Waals surface area contributed by atoms with Gasteiger partial charge in [0.15, 0.2) is 5.82 Å². The minimum atomic E-state index is 0.178. The van der Waals surface area contributed by atoms with Crippen LogP contribution in [0.5, 0.6) is 0 Å². The monoisotopic (exact) mass is 327 g/mol. The van der Waals surface area contributed by atoms with E-state index in [2.05, 4.69) is 34.5 Å². The lowest BCUT2D eigenvalue weighted by atomic mass is 10.1. The maximum absolute atomic E-state index is 5.90. The molecule has 0 bridgehead atoms. The molecule has 0 amide bonds. The third kappa shape index (κ3) is 4.41. The summed E-state index contributed by atoms with van der Waals surface area (Å²) in [5.74, 6) is 1.30. The number of nitrogens with one attached hydrogen (secondary N) is 1. The first-order valence-corrected chi connectivity index (χ1v) is 7.93. The molecule has 4 nitrogen and oxygen atoms in total. The second-order valence-electron chi connectivity index (χ2n) is 5.42. The van der Waals surface area contributed by atoms with Crippen LogP contribution in [0.1, 0.15) is 35.8 Å². The van der Waals surface area contributed by atoms with Crippen molar-refractivity contribution in [2.75, 3.05) is 0 Å². The largest absolute Gasteiger partial charge is 0.338 e. The molecule has 3 rings (SSSR count). The van der Waals surface area contributed by atoms with Crippen molar-refractivity contribution in [1.82, 2.24) is 15.5 Å². The number of hydrogen-bond acceptors (Lipinski definition) is 4. The molecule has 0 fully saturated rings. The summed E-state index contributed by atoms with van der Waals surface area (Å²) < 4.78 is 5.30. The molecule has 0 aliphatic heterocycles. The normalized spacial score (nSPS) is 12.3. The predicted octanol–water partition coefficient (Wildman–Crippen LogP) is 4.16. The predicted molar refractivity (Wildman–Crippen MR) is 90.3 cm³/mol. The molecule has 0 aliphatic rings. The molecular formula is C18H18ClN3O. The average molecular weight is 328 g/mol. The van der Waals surface area contributed by atoms with Gasteiger partial charge < -0.3 is 9.84 Å². The summed E-state index contributed by atoms with van der Waals surface area (Å²) in [7, 11) is 0. The summed E-state index contributed by atoms with van der Waals surface area (Å²) >= 11 is 5.90. The zero-order valence-corrected chi connectivity index (χ0v) is 13.6. The van der Waals surface area contributed by atoms with Crippen LogP contribution in [0.2, 0.25) is 5.02 Å². The fourth-order valence-electron chi connectivity index (χ4n) is 2.32. The second kappa shape index (κ2) is 7.40. The number of hydrogen-bond donors (Lipinski definition) is 1. The van der Waals surface area contributed by atoms with Crippen LogP contribution in [-0.4, -0.2) is 10.1 Å². The lowest BCUT2D eigenvalue weighted by molar-refractivity contribution is 0.357. The third-order valence-corrected chi connectivity index (χ3v) is 3.90. The minimum absolute atomic E-state index is 0.178. The van der Waals surface area contributed by atoms with Crippen LogP contribution in [0, 0.1) is 0 Å². The first-order valence-electron chi connectivity index (χ1n) is 7.55. The van der Waals surface area contributed by atoms with Crippen molar-refractivity contribution in [1.29, 1.82) is 0 Å². The van der Waals surface area contributed by atoms with Gasteiger partial charge in [0, 0.05) is 17.5 Å². The number of halogens is 1. The van der Waals surface area contributed by atoms with E-state index in [0.717, 1.165) is 5.02 Å². The molecule has 0 aliphatic carbocycles. The maximum Gasteiger partial charge on any atom is 0.240 e. The van der Waals surface area contributed by atoms with Crippen molar-refractivity contribution in [3.63, 3.8) is 0 Å². The van der Waals surface area contributed by atoms with Gasteiger partial charge in [-0.15, -0.1) is 0 Å². The van der Waals surface area contributed by atoms with Gasteiger partial charge in [-0.2, -0.15) is 4.98 Å². The first kappa shape index (κ1) is 15.7. The van der Waals surface area contributed by atoms with Crippen LogP contribution in [0.3, 0.4) is 0 Å². The van der Waals surface area contributed by atoms with E-state index in [0.29, 0.717) is 24.7 Å². The Bertz CT molecular complexity index is 740.